The summed E-state index contributed by atoms with van der Waals surface area (Å²) in [6, 6.07) is 21.7. The average molecular weight is 426 g/mol. The first-order chi connectivity index (χ1) is 15.7. The van der Waals surface area contributed by atoms with E-state index in [4.69, 9.17) is 5.26 Å². The lowest BCUT2D eigenvalue weighted by Crippen LogP contribution is -2.22. The Morgan fingerprint density at radius 2 is 1.56 bits per heavy atom. The fraction of sp³-hybridized carbons (Fsp3) is 0.308. The molecule has 6 heteroatoms. The van der Waals surface area contributed by atoms with Gasteiger partial charge in [0.25, 0.3) is 5.56 Å². The highest BCUT2D eigenvalue weighted by Gasteiger charge is 2.08. The van der Waals surface area contributed by atoms with Gasteiger partial charge in [-0.1, -0.05) is 49.9 Å². The summed E-state index contributed by atoms with van der Waals surface area (Å²) in [4.78, 5) is 12.3. The minimum atomic E-state index is -0.0701. The van der Waals surface area contributed by atoms with Crippen LogP contribution in [0.5, 0.6) is 0 Å². The van der Waals surface area contributed by atoms with Gasteiger partial charge in [0, 0.05) is 36.4 Å². The van der Waals surface area contributed by atoms with Crippen LogP contribution in [0.3, 0.4) is 0 Å². The summed E-state index contributed by atoms with van der Waals surface area (Å²) in [5, 5.41) is 17.9. The summed E-state index contributed by atoms with van der Waals surface area (Å²) < 4.78 is 3.44. The molecule has 0 saturated heterocycles. The molecule has 6 nitrogen and oxygen atoms in total. The fourth-order valence-electron chi connectivity index (χ4n) is 3.85. The van der Waals surface area contributed by atoms with Gasteiger partial charge in [-0.05, 0) is 43.2 Å². The molecule has 32 heavy (non-hydrogen) atoms. The van der Waals surface area contributed by atoms with Crippen LogP contribution in [-0.2, 0) is 6.54 Å². The Morgan fingerprint density at radius 3 is 2.38 bits per heavy atom. The van der Waals surface area contributed by atoms with Crippen LogP contribution in [0, 0.1) is 11.3 Å². The minimum absolute atomic E-state index is 0.0701. The first kappa shape index (κ1) is 21.5. The number of rotatable bonds is 10. The molecule has 162 valence electrons. The number of unbranched alkanes of at least 4 members (excludes halogenated alkanes) is 6. The van der Waals surface area contributed by atoms with Crippen molar-refractivity contribution in [3.05, 3.63) is 77.2 Å². The second-order valence-corrected chi connectivity index (χ2v) is 7.99. The van der Waals surface area contributed by atoms with Gasteiger partial charge in [0.05, 0.1) is 23.0 Å². The predicted octanol–water partition coefficient (Wildman–Crippen LogP) is 5.48. The molecule has 0 atom stereocenters. The highest BCUT2D eigenvalue weighted by molar-refractivity contribution is 5.71. The maximum Gasteiger partial charge on any atom is 0.266 e. The van der Waals surface area contributed by atoms with E-state index in [0.717, 1.165) is 66.6 Å². The van der Waals surface area contributed by atoms with Gasteiger partial charge in [-0.15, -0.1) is 0 Å². The largest absolute Gasteiger partial charge is 0.268 e. The highest BCUT2D eigenvalue weighted by Crippen LogP contribution is 2.25. The maximum absolute atomic E-state index is 12.3. The summed E-state index contributed by atoms with van der Waals surface area (Å²) >= 11 is 0. The second-order valence-electron chi connectivity index (χ2n) is 7.99. The quantitative estimate of drug-likeness (QED) is 0.315. The number of fused-ring (bicyclic) bond motifs is 1. The molecule has 3 heterocycles. The van der Waals surface area contributed by atoms with Gasteiger partial charge in [0.15, 0.2) is 0 Å². The van der Waals surface area contributed by atoms with Crippen molar-refractivity contribution in [3.63, 3.8) is 0 Å². The number of aromatic nitrogens is 4. The standard InChI is InChI=1S/C26H27N5O/c27-16-7-4-2-1-3-5-8-18-31-26(32)15-14-24(28-31)21-11-10-12-22(19-21)25-20-23-13-6-9-17-30(23)29-25/h6,9-15,17,19-20H,1-5,7-8,18H2. The summed E-state index contributed by atoms with van der Waals surface area (Å²) in [6.07, 6.45) is 8.92. The molecule has 0 aliphatic rings. The Labute approximate surface area is 187 Å². The van der Waals surface area contributed by atoms with Crippen molar-refractivity contribution in [2.45, 2.75) is 51.5 Å². The third-order valence-corrected chi connectivity index (χ3v) is 5.60. The van der Waals surface area contributed by atoms with Crippen molar-refractivity contribution in [1.29, 1.82) is 5.26 Å². The van der Waals surface area contributed by atoms with Gasteiger partial charge in [-0.2, -0.15) is 15.5 Å². The van der Waals surface area contributed by atoms with E-state index >= 15 is 0 Å². The monoisotopic (exact) mass is 425 g/mol. The zero-order valence-corrected chi connectivity index (χ0v) is 18.2. The number of nitrogens with zero attached hydrogens (tertiary/aromatic N) is 5. The van der Waals surface area contributed by atoms with Gasteiger partial charge in [0.1, 0.15) is 0 Å². The van der Waals surface area contributed by atoms with Crippen LogP contribution < -0.4 is 5.56 Å². The number of nitriles is 1. The second kappa shape index (κ2) is 10.5. The minimum Gasteiger partial charge on any atom is -0.268 e. The Balaban J connectivity index is 1.43. The Bertz CT molecular complexity index is 1250. The summed E-state index contributed by atoms with van der Waals surface area (Å²) in [6.45, 7) is 0.622. The molecule has 4 rings (SSSR count). The van der Waals surface area contributed by atoms with Crippen molar-refractivity contribution in [2.24, 2.45) is 0 Å². The summed E-state index contributed by atoms with van der Waals surface area (Å²) in [5.41, 5.74) is 4.64. The lowest BCUT2D eigenvalue weighted by atomic mass is 10.1. The van der Waals surface area contributed by atoms with Gasteiger partial charge in [-0.3, -0.25) is 4.79 Å². The van der Waals surface area contributed by atoms with E-state index in [-0.39, 0.29) is 5.56 Å². The van der Waals surface area contributed by atoms with Crippen molar-refractivity contribution < 1.29 is 0 Å². The molecule has 0 fully saturated rings. The van der Waals surface area contributed by atoms with Gasteiger partial charge in [-0.25, -0.2) is 9.20 Å². The topological polar surface area (TPSA) is 76.0 Å². The average Bonchev–Trinajstić information content (AvgIpc) is 3.26. The van der Waals surface area contributed by atoms with Gasteiger partial charge >= 0.3 is 0 Å². The highest BCUT2D eigenvalue weighted by atomic mass is 16.1. The smallest absolute Gasteiger partial charge is 0.266 e. The first-order valence-corrected chi connectivity index (χ1v) is 11.2. The molecule has 0 unspecified atom stereocenters. The molecule has 0 N–H and O–H groups in total. The Hall–Kier alpha value is -3.72. The molecule has 0 spiro atoms. The number of pyridine rings is 1. The van der Waals surface area contributed by atoms with E-state index in [1.165, 1.54) is 0 Å². The molecule has 0 amide bonds. The lowest BCUT2D eigenvalue weighted by molar-refractivity contribution is 0.509. The zero-order valence-electron chi connectivity index (χ0n) is 18.2. The van der Waals surface area contributed by atoms with Gasteiger partial charge in [0.2, 0.25) is 0 Å². The van der Waals surface area contributed by atoms with Crippen LogP contribution in [0.1, 0.15) is 44.9 Å². The number of hydrogen-bond acceptors (Lipinski definition) is 4. The van der Waals surface area contributed by atoms with E-state index in [1.54, 1.807) is 16.8 Å². The van der Waals surface area contributed by atoms with Crippen LogP contribution in [0.25, 0.3) is 28.0 Å². The Kier molecular flexibility index (Phi) is 7.08. The molecule has 1 aromatic carbocycles. The van der Waals surface area contributed by atoms with Gasteiger partial charge < -0.3 is 0 Å². The van der Waals surface area contributed by atoms with Crippen molar-refractivity contribution >= 4 is 5.52 Å². The molecule has 0 bridgehead atoms. The molecule has 0 saturated carbocycles. The molecule has 0 aliphatic carbocycles. The predicted molar refractivity (Wildman–Crippen MR) is 126 cm³/mol. The van der Waals surface area contributed by atoms with Crippen LogP contribution in [0.4, 0.5) is 0 Å². The molecular formula is C26H27N5O. The zero-order chi connectivity index (χ0) is 22.2. The number of aryl methyl sites for hydroxylation is 1. The van der Waals surface area contributed by atoms with Crippen LogP contribution in [0.2, 0.25) is 0 Å². The third-order valence-electron chi connectivity index (χ3n) is 5.60. The maximum atomic E-state index is 12.3. The molecule has 4 aromatic rings. The molecule has 3 aromatic heterocycles. The first-order valence-electron chi connectivity index (χ1n) is 11.2. The van der Waals surface area contributed by atoms with Crippen molar-refractivity contribution in [3.8, 4) is 28.6 Å². The van der Waals surface area contributed by atoms with Crippen LogP contribution >= 0.6 is 0 Å². The van der Waals surface area contributed by atoms with E-state index < -0.39 is 0 Å². The third kappa shape index (κ3) is 5.30. The molecular weight excluding hydrogens is 398 g/mol. The normalized spacial score (nSPS) is 11.0. The van der Waals surface area contributed by atoms with Crippen molar-refractivity contribution in [2.75, 3.05) is 0 Å². The van der Waals surface area contributed by atoms with Crippen LogP contribution in [-0.4, -0.2) is 19.4 Å². The summed E-state index contributed by atoms with van der Waals surface area (Å²) in [7, 11) is 0. The fourth-order valence-corrected chi connectivity index (χ4v) is 3.85. The van der Waals surface area contributed by atoms with E-state index in [9.17, 15) is 4.79 Å². The number of hydrogen-bond donors (Lipinski definition) is 0. The summed E-state index contributed by atoms with van der Waals surface area (Å²) in [5.74, 6) is 0. The van der Waals surface area contributed by atoms with Crippen LogP contribution in [0.15, 0.2) is 71.7 Å². The Morgan fingerprint density at radius 1 is 0.781 bits per heavy atom. The molecule has 0 aliphatic heterocycles. The van der Waals surface area contributed by atoms with E-state index in [0.29, 0.717) is 13.0 Å². The van der Waals surface area contributed by atoms with E-state index in [1.807, 2.05) is 47.1 Å². The van der Waals surface area contributed by atoms with E-state index in [2.05, 4.69) is 28.4 Å². The SMILES string of the molecule is N#CCCCCCCCCn1nc(-c2cccc(-c3cc4ccccn4n3)c2)ccc1=O. The molecule has 0 radical (unpaired) electrons. The lowest BCUT2D eigenvalue weighted by Gasteiger charge is -2.08. The number of benzene rings is 1. The van der Waals surface area contributed by atoms with Crippen molar-refractivity contribution in [1.82, 2.24) is 19.4 Å².